The molecule has 142 valence electrons. The Morgan fingerprint density at radius 2 is 2.11 bits per heavy atom. The van der Waals surface area contributed by atoms with Gasteiger partial charge in [-0.15, -0.1) is 0 Å². The van der Waals surface area contributed by atoms with Crippen LogP contribution in [0.3, 0.4) is 0 Å². The normalized spacial score (nSPS) is 16.3. The first-order valence-corrected chi connectivity index (χ1v) is 9.85. The molecule has 1 aromatic carbocycles. The van der Waals surface area contributed by atoms with E-state index in [0.717, 1.165) is 62.5 Å². The molecule has 0 radical (unpaired) electrons. The Morgan fingerprint density at radius 1 is 1.22 bits per heavy atom. The Hall–Kier alpha value is -2.65. The van der Waals surface area contributed by atoms with Crippen molar-refractivity contribution in [1.82, 2.24) is 15.3 Å². The minimum absolute atomic E-state index is 0.526. The van der Waals surface area contributed by atoms with E-state index in [1.165, 1.54) is 0 Å². The molecule has 1 aliphatic rings. The van der Waals surface area contributed by atoms with Gasteiger partial charge in [-0.3, -0.25) is 0 Å². The van der Waals surface area contributed by atoms with E-state index in [4.69, 9.17) is 10.2 Å². The van der Waals surface area contributed by atoms with Crippen molar-refractivity contribution in [2.45, 2.75) is 45.6 Å². The number of nitriles is 1. The smallest absolute Gasteiger partial charge is 0.229 e. The van der Waals surface area contributed by atoms with E-state index in [0.29, 0.717) is 17.6 Å². The lowest BCUT2D eigenvalue weighted by atomic mass is 10.2. The summed E-state index contributed by atoms with van der Waals surface area (Å²) in [7, 11) is 0. The first-order chi connectivity index (χ1) is 13.2. The lowest BCUT2D eigenvalue weighted by Crippen LogP contribution is -2.33. The molecule has 27 heavy (non-hydrogen) atoms. The largest absolute Gasteiger partial charge is 0.355 e. The highest BCUT2D eigenvalue weighted by atomic mass is 15.3. The fourth-order valence-corrected chi connectivity index (χ4v) is 3.36. The van der Waals surface area contributed by atoms with Gasteiger partial charge in [0.05, 0.1) is 11.6 Å². The van der Waals surface area contributed by atoms with Crippen LogP contribution in [0.4, 0.5) is 17.5 Å². The van der Waals surface area contributed by atoms with Gasteiger partial charge in [0, 0.05) is 36.6 Å². The Bertz CT molecular complexity index is 797. The van der Waals surface area contributed by atoms with Crippen molar-refractivity contribution in [1.29, 1.82) is 5.26 Å². The van der Waals surface area contributed by atoms with Crippen molar-refractivity contribution in [3.63, 3.8) is 0 Å². The van der Waals surface area contributed by atoms with Gasteiger partial charge in [-0.25, -0.2) is 4.98 Å². The van der Waals surface area contributed by atoms with Gasteiger partial charge in [-0.1, -0.05) is 26.3 Å². The van der Waals surface area contributed by atoms with E-state index in [1.54, 1.807) is 6.07 Å². The molecule has 0 amide bonds. The second kappa shape index (κ2) is 9.33. The Morgan fingerprint density at radius 3 is 2.89 bits per heavy atom. The average Bonchev–Trinajstić information content (AvgIpc) is 3.15. The van der Waals surface area contributed by atoms with Crippen molar-refractivity contribution < 1.29 is 0 Å². The van der Waals surface area contributed by atoms with Crippen LogP contribution in [0, 0.1) is 11.3 Å². The summed E-state index contributed by atoms with van der Waals surface area (Å²) in [5, 5.41) is 16.0. The molecule has 1 saturated heterocycles. The molecule has 3 rings (SSSR count). The average molecular weight is 364 g/mol. The molecule has 1 fully saturated rings. The molecule has 2 heterocycles. The van der Waals surface area contributed by atoms with Gasteiger partial charge in [0.25, 0.3) is 0 Å². The predicted molar refractivity (Wildman–Crippen MR) is 109 cm³/mol. The van der Waals surface area contributed by atoms with Gasteiger partial charge in [0.15, 0.2) is 0 Å². The van der Waals surface area contributed by atoms with E-state index < -0.39 is 0 Å². The molecule has 2 N–H and O–H groups in total. The van der Waals surface area contributed by atoms with Crippen LogP contribution in [0.15, 0.2) is 30.3 Å². The SMILES string of the molecule is CCCN[C@H]1CCN(c2cc(CCC)nc(Nc3cccc(C#N)c3)n2)C1. The highest BCUT2D eigenvalue weighted by Gasteiger charge is 2.23. The van der Waals surface area contributed by atoms with Crippen molar-refractivity contribution in [3.05, 3.63) is 41.6 Å². The summed E-state index contributed by atoms with van der Waals surface area (Å²) in [5.74, 6) is 1.57. The maximum absolute atomic E-state index is 9.09. The van der Waals surface area contributed by atoms with Gasteiger partial charge in [-0.05, 0) is 44.0 Å². The second-order valence-corrected chi connectivity index (χ2v) is 6.99. The standard InChI is InChI=1S/C21H28N6/c1-3-6-17-13-20(27-11-9-19(15-27)23-10-4-2)26-21(24-17)25-18-8-5-7-16(12-18)14-22/h5,7-8,12-13,19,23H,3-4,6,9-11,15H2,1-2H3,(H,24,25,26)/t19-/m0/s1. The van der Waals surface area contributed by atoms with E-state index in [-0.39, 0.29) is 0 Å². The first-order valence-electron chi connectivity index (χ1n) is 9.85. The summed E-state index contributed by atoms with van der Waals surface area (Å²) in [6, 6.07) is 12.2. The van der Waals surface area contributed by atoms with Crippen LogP contribution in [0.25, 0.3) is 0 Å². The Balaban J connectivity index is 1.79. The highest BCUT2D eigenvalue weighted by Crippen LogP contribution is 2.23. The molecule has 0 saturated carbocycles. The minimum Gasteiger partial charge on any atom is -0.355 e. The Labute approximate surface area is 161 Å². The van der Waals surface area contributed by atoms with Crippen LogP contribution < -0.4 is 15.5 Å². The molecule has 0 aliphatic carbocycles. The van der Waals surface area contributed by atoms with Gasteiger partial charge >= 0.3 is 0 Å². The van der Waals surface area contributed by atoms with E-state index in [1.807, 2.05) is 18.2 Å². The van der Waals surface area contributed by atoms with Crippen LogP contribution in [0.2, 0.25) is 0 Å². The molecular formula is C21H28N6. The number of nitrogens with one attached hydrogen (secondary N) is 2. The lowest BCUT2D eigenvalue weighted by Gasteiger charge is -2.20. The zero-order chi connectivity index (χ0) is 19.1. The molecule has 1 aliphatic heterocycles. The lowest BCUT2D eigenvalue weighted by molar-refractivity contribution is 0.549. The quantitative estimate of drug-likeness (QED) is 0.745. The number of rotatable bonds is 8. The highest BCUT2D eigenvalue weighted by molar-refractivity contribution is 5.58. The molecule has 0 bridgehead atoms. The summed E-state index contributed by atoms with van der Waals surface area (Å²) in [5.41, 5.74) is 2.50. The fourth-order valence-electron chi connectivity index (χ4n) is 3.36. The van der Waals surface area contributed by atoms with Crippen LogP contribution in [0.5, 0.6) is 0 Å². The number of benzene rings is 1. The number of hydrogen-bond acceptors (Lipinski definition) is 6. The number of nitrogens with zero attached hydrogens (tertiary/aromatic N) is 4. The minimum atomic E-state index is 0.526. The van der Waals surface area contributed by atoms with E-state index >= 15 is 0 Å². The molecular weight excluding hydrogens is 336 g/mol. The molecule has 6 heteroatoms. The molecule has 1 aromatic heterocycles. The van der Waals surface area contributed by atoms with Gasteiger partial charge < -0.3 is 15.5 Å². The van der Waals surface area contributed by atoms with Crippen LogP contribution in [-0.4, -0.2) is 35.6 Å². The van der Waals surface area contributed by atoms with Gasteiger partial charge in [0.2, 0.25) is 5.95 Å². The number of hydrogen-bond donors (Lipinski definition) is 2. The third-order valence-electron chi connectivity index (χ3n) is 4.71. The molecule has 0 spiro atoms. The summed E-state index contributed by atoms with van der Waals surface area (Å²) in [6.45, 7) is 7.40. The number of aromatic nitrogens is 2. The monoisotopic (exact) mass is 364 g/mol. The first kappa shape index (κ1) is 19.1. The zero-order valence-corrected chi connectivity index (χ0v) is 16.2. The van der Waals surface area contributed by atoms with E-state index in [2.05, 4.69) is 46.5 Å². The molecule has 0 unspecified atom stereocenters. The molecule has 6 nitrogen and oxygen atoms in total. The number of anilines is 3. The second-order valence-electron chi connectivity index (χ2n) is 6.99. The van der Waals surface area contributed by atoms with Crippen LogP contribution in [-0.2, 0) is 6.42 Å². The maximum atomic E-state index is 9.09. The van der Waals surface area contributed by atoms with Crippen molar-refractivity contribution in [2.75, 3.05) is 29.9 Å². The fraction of sp³-hybridized carbons (Fsp3) is 0.476. The number of aryl methyl sites for hydroxylation is 1. The third-order valence-corrected chi connectivity index (χ3v) is 4.71. The predicted octanol–water partition coefficient (Wildman–Crippen LogP) is 3.62. The summed E-state index contributed by atoms with van der Waals surface area (Å²) in [6.07, 6.45) is 4.26. The Kier molecular flexibility index (Phi) is 6.61. The van der Waals surface area contributed by atoms with Gasteiger partial charge in [0.1, 0.15) is 5.82 Å². The molecule has 2 aromatic rings. The maximum Gasteiger partial charge on any atom is 0.229 e. The summed E-state index contributed by atoms with van der Waals surface area (Å²) in [4.78, 5) is 11.8. The zero-order valence-electron chi connectivity index (χ0n) is 16.2. The van der Waals surface area contributed by atoms with E-state index in [9.17, 15) is 0 Å². The van der Waals surface area contributed by atoms with Crippen LogP contribution >= 0.6 is 0 Å². The summed E-state index contributed by atoms with van der Waals surface area (Å²) >= 11 is 0. The van der Waals surface area contributed by atoms with Crippen LogP contribution in [0.1, 0.15) is 44.4 Å². The van der Waals surface area contributed by atoms with Crippen molar-refractivity contribution in [3.8, 4) is 6.07 Å². The van der Waals surface area contributed by atoms with Gasteiger partial charge in [-0.2, -0.15) is 10.2 Å². The van der Waals surface area contributed by atoms with Crippen molar-refractivity contribution in [2.24, 2.45) is 0 Å². The topological polar surface area (TPSA) is 76.9 Å². The van der Waals surface area contributed by atoms with Crippen molar-refractivity contribution >= 4 is 17.5 Å². The summed E-state index contributed by atoms with van der Waals surface area (Å²) < 4.78 is 0. The molecule has 1 atom stereocenters. The third kappa shape index (κ3) is 5.18.